The van der Waals surface area contributed by atoms with Gasteiger partial charge >= 0.3 is 5.97 Å². The van der Waals surface area contributed by atoms with Gasteiger partial charge in [-0.1, -0.05) is 45.2 Å². The number of methoxy groups -OCH3 is 1. The van der Waals surface area contributed by atoms with Gasteiger partial charge in [0, 0.05) is 14.9 Å². The second kappa shape index (κ2) is 6.38. The van der Waals surface area contributed by atoms with Crippen LogP contribution in [-0.4, -0.2) is 21.9 Å². The summed E-state index contributed by atoms with van der Waals surface area (Å²) >= 11 is 4.44. The standard InChI is InChI=1S/C6H8I2O2/c1-10-6(9)2-5(3-7)4-8/h2H,3-4H2,1H3. The van der Waals surface area contributed by atoms with Crippen molar-refractivity contribution in [3.05, 3.63) is 11.6 Å². The van der Waals surface area contributed by atoms with Gasteiger partial charge in [0.05, 0.1) is 7.11 Å². The molecular weight excluding hydrogens is 358 g/mol. The largest absolute Gasteiger partial charge is 0.466 e. The molecule has 0 atom stereocenters. The molecule has 0 saturated heterocycles. The highest BCUT2D eigenvalue weighted by molar-refractivity contribution is 14.1. The average molecular weight is 366 g/mol. The molecule has 0 aromatic carbocycles. The van der Waals surface area contributed by atoms with Crippen molar-refractivity contribution in [3.8, 4) is 0 Å². The molecule has 0 spiro atoms. The van der Waals surface area contributed by atoms with Gasteiger partial charge < -0.3 is 4.74 Å². The van der Waals surface area contributed by atoms with E-state index in [-0.39, 0.29) is 5.97 Å². The van der Waals surface area contributed by atoms with Crippen LogP contribution >= 0.6 is 45.2 Å². The molecule has 0 amide bonds. The van der Waals surface area contributed by atoms with Crippen LogP contribution in [0.3, 0.4) is 0 Å². The number of alkyl halides is 2. The lowest BCUT2D eigenvalue weighted by Gasteiger charge is -1.95. The zero-order valence-corrected chi connectivity index (χ0v) is 9.88. The summed E-state index contributed by atoms with van der Waals surface area (Å²) in [5, 5.41) is 0. The lowest BCUT2D eigenvalue weighted by Crippen LogP contribution is -1.98. The molecule has 0 rings (SSSR count). The number of hydrogen-bond acceptors (Lipinski definition) is 2. The summed E-state index contributed by atoms with van der Waals surface area (Å²) in [7, 11) is 1.39. The van der Waals surface area contributed by atoms with Gasteiger partial charge in [0.25, 0.3) is 0 Å². The van der Waals surface area contributed by atoms with E-state index in [4.69, 9.17) is 0 Å². The fraction of sp³-hybridized carbons (Fsp3) is 0.500. The Morgan fingerprint density at radius 2 is 2.00 bits per heavy atom. The third-order valence-electron chi connectivity index (χ3n) is 0.866. The first-order chi connectivity index (χ1) is 4.74. The van der Waals surface area contributed by atoms with E-state index in [2.05, 4.69) is 49.9 Å². The first kappa shape index (κ1) is 10.7. The second-order valence-electron chi connectivity index (χ2n) is 1.59. The summed E-state index contributed by atoms with van der Waals surface area (Å²) in [6, 6.07) is 0. The second-order valence-corrected chi connectivity index (χ2v) is 3.12. The average Bonchev–Trinajstić information content (AvgIpc) is 1.99. The summed E-state index contributed by atoms with van der Waals surface area (Å²) in [4.78, 5) is 10.6. The molecule has 0 fully saturated rings. The molecule has 0 aromatic heterocycles. The predicted molar refractivity (Wildman–Crippen MR) is 57.9 cm³/mol. The fourth-order valence-corrected chi connectivity index (χ4v) is 2.35. The molecule has 0 saturated carbocycles. The molecule has 0 aromatic rings. The molecule has 10 heavy (non-hydrogen) atoms. The van der Waals surface area contributed by atoms with E-state index in [1.807, 2.05) is 0 Å². The Morgan fingerprint density at radius 1 is 1.50 bits per heavy atom. The summed E-state index contributed by atoms with van der Waals surface area (Å²) in [5.74, 6) is -0.261. The van der Waals surface area contributed by atoms with Crippen LogP contribution in [0.25, 0.3) is 0 Å². The number of carbonyl (C=O) groups is 1. The molecule has 0 heterocycles. The van der Waals surface area contributed by atoms with E-state index in [1.54, 1.807) is 6.08 Å². The first-order valence-corrected chi connectivity index (χ1v) is 5.69. The minimum Gasteiger partial charge on any atom is -0.466 e. The number of allylic oxidation sites excluding steroid dienone is 1. The normalized spacial score (nSPS) is 8.70. The van der Waals surface area contributed by atoms with E-state index in [0.717, 1.165) is 14.4 Å². The van der Waals surface area contributed by atoms with Crippen molar-refractivity contribution in [1.82, 2.24) is 0 Å². The Labute approximate surface area is 87.7 Å². The van der Waals surface area contributed by atoms with Gasteiger partial charge in [-0.25, -0.2) is 4.79 Å². The Hall–Kier alpha value is 0.670. The molecule has 2 nitrogen and oxygen atoms in total. The summed E-state index contributed by atoms with van der Waals surface area (Å²) in [6.45, 7) is 0. The van der Waals surface area contributed by atoms with E-state index in [9.17, 15) is 4.79 Å². The molecule has 0 unspecified atom stereocenters. The molecule has 58 valence electrons. The van der Waals surface area contributed by atoms with Crippen LogP contribution in [0.15, 0.2) is 11.6 Å². The van der Waals surface area contributed by atoms with Gasteiger partial charge in [0.15, 0.2) is 0 Å². The lowest BCUT2D eigenvalue weighted by atomic mass is 10.3. The van der Waals surface area contributed by atoms with Crippen LogP contribution in [-0.2, 0) is 9.53 Å². The van der Waals surface area contributed by atoms with Crippen LogP contribution in [0.5, 0.6) is 0 Å². The van der Waals surface area contributed by atoms with E-state index < -0.39 is 0 Å². The van der Waals surface area contributed by atoms with Crippen molar-refractivity contribution in [2.75, 3.05) is 16.0 Å². The van der Waals surface area contributed by atoms with Crippen LogP contribution in [0, 0.1) is 0 Å². The SMILES string of the molecule is COC(=O)C=C(CI)CI. The van der Waals surface area contributed by atoms with E-state index in [0.29, 0.717) is 0 Å². The summed E-state index contributed by atoms with van der Waals surface area (Å²) in [6.07, 6.45) is 1.54. The minimum absolute atomic E-state index is 0.261. The van der Waals surface area contributed by atoms with Gasteiger partial charge in [0.1, 0.15) is 0 Å². The third-order valence-corrected chi connectivity index (χ3v) is 2.83. The Kier molecular flexibility index (Phi) is 6.81. The van der Waals surface area contributed by atoms with Gasteiger partial charge in [-0.3, -0.25) is 0 Å². The fourth-order valence-electron chi connectivity index (χ4n) is 0.338. The number of halogens is 2. The molecule has 0 aliphatic rings. The molecule has 0 aliphatic carbocycles. The zero-order chi connectivity index (χ0) is 7.98. The van der Waals surface area contributed by atoms with E-state index in [1.165, 1.54) is 7.11 Å². The van der Waals surface area contributed by atoms with Crippen molar-refractivity contribution >= 4 is 51.2 Å². The summed E-state index contributed by atoms with van der Waals surface area (Å²) in [5.41, 5.74) is 1.10. The maximum Gasteiger partial charge on any atom is 0.330 e. The monoisotopic (exact) mass is 366 g/mol. The van der Waals surface area contributed by atoms with Crippen LogP contribution < -0.4 is 0 Å². The topological polar surface area (TPSA) is 26.3 Å². The first-order valence-electron chi connectivity index (χ1n) is 2.64. The molecular formula is C6H8I2O2. The van der Waals surface area contributed by atoms with Crippen molar-refractivity contribution in [1.29, 1.82) is 0 Å². The highest BCUT2D eigenvalue weighted by Gasteiger charge is 1.97. The Bertz CT molecular complexity index is 137. The molecule has 0 bridgehead atoms. The van der Waals surface area contributed by atoms with Crippen molar-refractivity contribution in [3.63, 3.8) is 0 Å². The minimum atomic E-state index is -0.261. The van der Waals surface area contributed by atoms with Crippen LogP contribution in [0.2, 0.25) is 0 Å². The Morgan fingerprint density at radius 3 is 2.30 bits per heavy atom. The lowest BCUT2D eigenvalue weighted by molar-refractivity contribution is -0.134. The molecule has 0 aliphatic heterocycles. The van der Waals surface area contributed by atoms with E-state index >= 15 is 0 Å². The predicted octanol–water partition coefficient (Wildman–Crippen LogP) is 1.96. The quantitative estimate of drug-likeness (QED) is 0.331. The maximum absolute atomic E-state index is 10.6. The van der Waals surface area contributed by atoms with Gasteiger partial charge in [-0.05, 0) is 5.57 Å². The smallest absolute Gasteiger partial charge is 0.330 e. The van der Waals surface area contributed by atoms with Gasteiger partial charge in [0.2, 0.25) is 0 Å². The van der Waals surface area contributed by atoms with Crippen LogP contribution in [0.4, 0.5) is 0 Å². The van der Waals surface area contributed by atoms with Crippen molar-refractivity contribution in [2.24, 2.45) is 0 Å². The highest BCUT2D eigenvalue weighted by Crippen LogP contribution is 2.04. The number of hydrogen-bond donors (Lipinski definition) is 0. The molecule has 0 radical (unpaired) electrons. The van der Waals surface area contributed by atoms with Gasteiger partial charge in [-0.2, -0.15) is 0 Å². The zero-order valence-electron chi connectivity index (χ0n) is 5.56. The molecule has 4 heteroatoms. The molecule has 0 N–H and O–H groups in total. The third kappa shape index (κ3) is 4.48. The number of esters is 1. The highest BCUT2D eigenvalue weighted by atomic mass is 127. The number of carbonyl (C=O) groups excluding carboxylic acids is 1. The Balaban J connectivity index is 3.96. The number of ether oxygens (including phenoxy) is 1. The number of rotatable bonds is 3. The summed E-state index contributed by atoms with van der Waals surface area (Å²) < 4.78 is 6.23. The maximum atomic E-state index is 10.6. The van der Waals surface area contributed by atoms with Crippen LogP contribution in [0.1, 0.15) is 0 Å². The van der Waals surface area contributed by atoms with Crippen molar-refractivity contribution < 1.29 is 9.53 Å². The van der Waals surface area contributed by atoms with Crippen molar-refractivity contribution in [2.45, 2.75) is 0 Å². The van der Waals surface area contributed by atoms with Gasteiger partial charge in [-0.15, -0.1) is 0 Å².